The zero-order valence-corrected chi connectivity index (χ0v) is 42.2. The fraction of sp³-hybridized carbons (Fsp3) is 0.0149. The summed E-state index contributed by atoms with van der Waals surface area (Å²) in [6.45, 7) is 0. The molecular formula is C67H46N6O6. The Balaban J connectivity index is 0.730. The minimum atomic E-state index is -0.00400. The van der Waals surface area contributed by atoms with E-state index >= 15 is 0 Å². The number of rotatable bonds is 18. The fourth-order valence-corrected chi connectivity index (χ4v) is 8.52. The van der Waals surface area contributed by atoms with Gasteiger partial charge in [0, 0.05) is 0 Å². The summed E-state index contributed by atoms with van der Waals surface area (Å²) in [4.78, 5) is 27.1. The largest absolute Gasteiger partial charge is 0.424 e. The number of hydrogen-bond acceptors (Lipinski definition) is 12. The van der Waals surface area contributed by atoms with Gasteiger partial charge in [-0.3, -0.25) is 0 Å². The van der Waals surface area contributed by atoms with Crippen LogP contribution in [0.25, 0.3) is 44.5 Å². The van der Waals surface area contributed by atoms with E-state index < -0.39 is 0 Å². The van der Waals surface area contributed by atoms with E-state index in [2.05, 4.69) is 78.4 Å². The molecule has 0 unspecified atom stereocenters. The first kappa shape index (κ1) is 48.9. The monoisotopic (exact) mass is 1030 g/mol. The van der Waals surface area contributed by atoms with Gasteiger partial charge in [0.25, 0.3) is 0 Å². The quantitative estimate of drug-likeness (QED) is 0.0810. The molecule has 0 bridgehead atoms. The number of benzene rings is 10. The SMILES string of the molecule is c1ccc(-c2ccc(Oc3nc(Oc4ccc(Cc5ccc(Oc6nc(Oc7ccc(-c8ccccc8)cc7)nc(Oc7ccc(-c8ccccc8)cc7)n6)cc5)cc4)nc(Oc4ccc(-c5ccccc5)cc4)n3)cc2)cc1. The number of hydrogen-bond donors (Lipinski definition) is 0. The molecule has 12 rings (SSSR count). The molecule has 0 saturated carbocycles. The van der Waals surface area contributed by atoms with E-state index in [1.54, 1.807) is 0 Å². The predicted molar refractivity (Wildman–Crippen MR) is 303 cm³/mol. The molecule has 12 nitrogen and oxygen atoms in total. The third-order valence-electron chi connectivity index (χ3n) is 12.5. The van der Waals surface area contributed by atoms with Gasteiger partial charge in [-0.1, -0.05) is 194 Å². The topological polar surface area (TPSA) is 133 Å². The summed E-state index contributed by atoms with van der Waals surface area (Å²) in [6.07, 6.45) is 0.627. The van der Waals surface area contributed by atoms with Crippen LogP contribution in [0.15, 0.2) is 267 Å². The molecule has 0 fully saturated rings. The van der Waals surface area contributed by atoms with Crippen LogP contribution in [-0.2, 0) is 6.42 Å². The van der Waals surface area contributed by atoms with Crippen molar-refractivity contribution in [1.29, 1.82) is 0 Å². The molecule has 0 radical (unpaired) electrons. The molecule has 0 spiro atoms. The predicted octanol–water partition coefficient (Wildman–Crippen LogP) is 17.1. The Kier molecular flexibility index (Phi) is 14.4. The normalized spacial score (nSPS) is 10.8. The first-order valence-corrected chi connectivity index (χ1v) is 25.4. The van der Waals surface area contributed by atoms with Crippen LogP contribution >= 0.6 is 0 Å². The summed E-state index contributed by atoms with van der Waals surface area (Å²) in [5.74, 6) is 3.15. The minimum absolute atomic E-state index is 0.00400. The summed E-state index contributed by atoms with van der Waals surface area (Å²) in [7, 11) is 0. The second-order valence-corrected chi connectivity index (χ2v) is 18.0. The van der Waals surface area contributed by atoms with Gasteiger partial charge in [-0.2, -0.15) is 0 Å². The van der Waals surface area contributed by atoms with Crippen molar-refractivity contribution in [2.75, 3.05) is 0 Å². The number of nitrogens with zero attached hydrogens (tertiary/aromatic N) is 6. The molecule has 0 amide bonds. The van der Waals surface area contributed by atoms with E-state index in [-0.39, 0.29) is 36.1 Å². The summed E-state index contributed by atoms with van der Waals surface area (Å²) in [6, 6.07) is 86.6. The Bertz CT molecular complexity index is 3450. The van der Waals surface area contributed by atoms with Crippen LogP contribution < -0.4 is 28.4 Å². The highest BCUT2D eigenvalue weighted by Crippen LogP contribution is 2.33. The molecule has 0 saturated heterocycles. The van der Waals surface area contributed by atoms with Gasteiger partial charge in [0.05, 0.1) is 0 Å². The Labute approximate surface area is 455 Å². The highest BCUT2D eigenvalue weighted by molar-refractivity contribution is 5.67. The third-order valence-corrected chi connectivity index (χ3v) is 12.5. The zero-order valence-electron chi connectivity index (χ0n) is 42.2. The molecule has 0 atom stereocenters. The minimum Gasteiger partial charge on any atom is -0.424 e. The van der Waals surface area contributed by atoms with Crippen LogP contribution in [0.3, 0.4) is 0 Å². The van der Waals surface area contributed by atoms with Crippen molar-refractivity contribution in [1.82, 2.24) is 29.9 Å². The summed E-state index contributed by atoms with van der Waals surface area (Å²) >= 11 is 0. The van der Waals surface area contributed by atoms with Crippen molar-refractivity contribution in [3.8, 4) is 115 Å². The average molecular weight is 1030 g/mol. The van der Waals surface area contributed by atoms with Crippen LogP contribution in [0.5, 0.6) is 70.6 Å². The molecule has 380 valence electrons. The molecule has 2 aromatic heterocycles. The maximum absolute atomic E-state index is 6.22. The Morgan fingerprint density at radius 1 is 0.177 bits per heavy atom. The molecule has 2 heterocycles. The maximum atomic E-state index is 6.22. The Hall–Kier alpha value is -11.0. The lowest BCUT2D eigenvalue weighted by molar-refractivity contribution is 0.361. The molecule has 10 aromatic carbocycles. The van der Waals surface area contributed by atoms with Crippen LogP contribution in [0.2, 0.25) is 0 Å². The highest BCUT2D eigenvalue weighted by Gasteiger charge is 2.16. The van der Waals surface area contributed by atoms with E-state index in [0.29, 0.717) is 40.9 Å². The third kappa shape index (κ3) is 12.8. The van der Waals surface area contributed by atoms with Crippen molar-refractivity contribution < 1.29 is 28.4 Å². The van der Waals surface area contributed by atoms with Crippen LogP contribution in [0.1, 0.15) is 11.1 Å². The van der Waals surface area contributed by atoms with Crippen LogP contribution in [0.4, 0.5) is 0 Å². The fourth-order valence-electron chi connectivity index (χ4n) is 8.52. The van der Waals surface area contributed by atoms with Gasteiger partial charge in [0.1, 0.15) is 34.5 Å². The van der Waals surface area contributed by atoms with Gasteiger partial charge >= 0.3 is 36.1 Å². The van der Waals surface area contributed by atoms with E-state index in [1.165, 1.54) is 0 Å². The number of aromatic nitrogens is 6. The van der Waals surface area contributed by atoms with Crippen LogP contribution in [-0.4, -0.2) is 29.9 Å². The lowest BCUT2D eigenvalue weighted by atomic mass is 10.0. The lowest BCUT2D eigenvalue weighted by Gasteiger charge is -2.11. The molecule has 0 aliphatic heterocycles. The van der Waals surface area contributed by atoms with Crippen molar-refractivity contribution >= 4 is 0 Å². The number of ether oxygens (including phenoxy) is 6. The molecule has 0 aliphatic carbocycles. The van der Waals surface area contributed by atoms with Gasteiger partial charge in [0.2, 0.25) is 0 Å². The standard InChI is InChI=1S/C67H46N6O6/c1-5-13-48(14-6-1)52-25-37-58(38-26-52)76-64-68-62(69-65(72-64)77-59-39-27-53(28-40-59)49-15-7-2-8-16-49)74-56-33-21-46(22-34-56)45-47-23-35-57(36-24-47)75-63-70-66(78-60-41-29-54(30-42-60)50-17-9-3-10-18-50)73-67(71-63)79-61-43-31-55(32-44-61)51-19-11-4-12-20-51/h1-44H,45H2. The van der Waals surface area contributed by atoms with Crippen molar-refractivity contribution in [2.24, 2.45) is 0 Å². The summed E-state index contributed by atoms with van der Waals surface area (Å²) in [5, 5.41) is 0. The van der Waals surface area contributed by atoms with Crippen molar-refractivity contribution in [3.05, 3.63) is 278 Å². The molecule has 79 heavy (non-hydrogen) atoms. The van der Waals surface area contributed by atoms with E-state index in [0.717, 1.165) is 55.6 Å². The van der Waals surface area contributed by atoms with Crippen LogP contribution in [0, 0.1) is 0 Å². The lowest BCUT2D eigenvalue weighted by Crippen LogP contribution is -2.01. The van der Waals surface area contributed by atoms with Gasteiger partial charge in [-0.05, 0) is 135 Å². The second kappa shape index (κ2) is 23.3. The summed E-state index contributed by atoms with van der Waals surface area (Å²) in [5.41, 5.74) is 10.6. The van der Waals surface area contributed by atoms with E-state index in [1.807, 2.05) is 218 Å². The summed E-state index contributed by atoms with van der Waals surface area (Å²) < 4.78 is 37.1. The molecule has 12 aromatic rings. The van der Waals surface area contributed by atoms with E-state index in [4.69, 9.17) is 28.4 Å². The van der Waals surface area contributed by atoms with E-state index in [9.17, 15) is 0 Å². The first-order valence-electron chi connectivity index (χ1n) is 25.4. The van der Waals surface area contributed by atoms with Crippen molar-refractivity contribution in [3.63, 3.8) is 0 Å². The highest BCUT2D eigenvalue weighted by atomic mass is 16.5. The Morgan fingerprint density at radius 3 is 0.532 bits per heavy atom. The van der Waals surface area contributed by atoms with Gasteiger partial charge in [-0.15, -0.1) is 29.9 Å². The molecular weight excluding hydrogens is 985 g/mol. The second-order valence-electron chi connectivity index (χ2n) is 18.0. The molecule has 0 aliphatic rings. The zero-order chi connectivity index (χ0) is 53.0. The van der Waals surface area contributed by atoms with Gasteiger partial charge < -0.3 is 28.4 Å². The maximum Gasteiger partial charge on any atom is 0.331 e. The first-order chi connectivity index (χ1) is 39.0. The van der Waals surface area contributed by atoms with Crippen molar-refractivity contribution in [2.45, 2.75) is 6.42 Å². The average Bonchev–Trinajstić information content (AvgIpc) is 3.52. The molecule has 12 heteroatoms. The van der Waals surface area contributed by atoms with Gasteiger partial charge in [0.15, 0.2) is 0 Å². The Morgan fingerprint density at radius 2 is 0.342 bits per heavy atom. The molecule has 0 N–H and O–H groups in total. The smallest absolute Gasteiger partial charge is 0.331 e. The van der Waals surface area contributed by atoms with Gasteiger partial charge in [-0.25, -0.2) is 0 Å².